The van der Waals surface area contributed by atoms with Gasteiger partial charge >= 0.3 is 0 Å². The predicted octanol–water partition coefficient (Wildman–Crippen LogP) is 1.11. The molecule has 0 atom stereocenters. The molecule has 0 rings (SSSR count). The van der Waals surface area contributed by atoms with Crippen molar-refractivity contribution in [3.05, 3.63) is 0 Å². The Labute approximate surface area is 100 Å². The first-order valence-corrected chi connectivity index (χ1v) is 4.23. The zero-order valence-electron chi connectivity index (χ0n) is 9.40. The van der Waals surface area contributed by atoms with E-state index >= 15 is 0 Å². The summed E-state index contributed by atoms with van der Waals surface area (Å²) in [6.45, 7) is 5.62. The van der Waals surface area contributed by atoms with Crippen LogP contribution in [0.1, 0.15) is 40.5 Å². The molecule has 88 valence electrons. The van der Waals surface area contributed by atoms with Gasteiger partial charge in [-0.2, -0.15) is 0 Å². The van der Waals surface area contributed by atoms with Crippen LogP contribution in [-0.4, -0.2) is 23.1 Å². The summed E-state index contributed by atoms with van der Waals surface area (Å²) in [4.78, 5) is 40.1. The van der Waals surface area contributed by atoms with Crippen molar-refractivity contribution in [3.63, 3.8) is 0 Å². The summed E-state index contributed by atoms with van der Waals surface area (Å²) < 4.78 is 0. The van der Waals surface area contributed by atoms with Crippen molar-refractivity contribution in [1.29, 1.82) is 0 Å². The minimum atomic E-state index is -0.0625. The van der Waals surface area contributed by atoms with Crippen molar-refractivity contribution in [3.8, 4) is 0 Å². The Morgan fingerprint density at radius 1 is 0.600 bits per heavy atom. The Hall–Kier alpha value is -0.801. The number of Topliss-reactive ketones (excluding diaryl/α,β-unsaturated/α-hetero) is 4. The second-order valence-electron chi connectivity index (χ2n) is 3.16. The summed E-state index contributed by atoms with van der Waals surface area (Å²) in [5.74, 6) is -0.250. The SMILES string of the molecule is CC(=O)CC(C)=O.CC(=O)CC(C)=O.[Fe]. The third kappa shape index (κ3) is 31.9. The van der Waals surface area contributed by atoms with Crippen LogP contribution in [0.3, 0.4) is 0 Å². The average Bonchev–Trinajstić information content (AvgIpc) is 1.79. The van der Waals surface area contributed by atoms with Crippen LogP contribution in [0.4, 0.5) is 0 Å². The van der Waals surface area contributed by atoms with E-state index in [1.165, 1.54) is 27.7 Å². The maximum Gasteiger partial charge on any atom is 0.137 e. The van der Waals surface area contributed by atoms with E-state index in [4.69, 9.17) is 0 Å². The van der Waals surface area contributed by atoms with Gasteiger partial charge in [-0.25, -0.2) is 0 Å². The summed E-state index contributed by atoms with van der Waals surface area (Å²) in [6, 6.07) is 0. The van der Waals surface area contributed by atoms with E-state index in [-0.39, 0.29) is 53.0 Å². The van der Waals surface area contributed by atoms with Crippen LogP contribution in [0.2, 0.25) is 0 Å². The van der Waals surface area contributed by atoms with Gasteiger partial charge in [0, 0.05) is 17.1 Å². The van der Waals surface area contributed by atoms with E-state index in [9.17, 15) is 19.2 Å². The molecule has 0 spiro atoms. The number of rotatable bonds is 4. The van der Waals surface area contributed by atoms with Gasteiger partial charge in [-0.05, 0) is 27.7 Å². The second-order valence-corrected chi connectivity index (χ2v) is 3.16. The molecular formula is C10H16FeO4. The summed E-state index contributed by atoms with van der Waals surface area (Å²) in [6.07, 6.45) is 0.167. The molecule has 0 aliphatic carbocycles. The molecule has 0 aliphatic heterocycles. The van der Waals surface area contributed by atoms with E-state index < -0.39 is 0 Å². The molecule has 0 saturated heterocycles. The Morgan fingerprint density at radius 3 is 0.733 bits per heavy atom. The Bertz CT molecular complexity index is 196. The maximum absolute atomic E-state index is 10.0. The fraction of sp³-hybridized carbons (Fsp3) is 0.600. The van der Waals surface area contributed by atoms with Gasteiger partial charge in [0.25, 0.3) is 0 Å². The maximum atomic E-state index is 10.0. The van der Waals surface area contributed by atoms with Crippen molar-refractivity contribution >= 4 is 23.1 Å². The van der Waals surface area contributed by atoms with Gasteiger partial charge in [0.1, 0.15) is 23.1 Å². The molecule has 0 saturated carbocycles. The molecule has 0 heterocycles. The van der Waals surface area contributed by atoms with Crippen molar-refractivity contribution < 1.29 is 36.2 Å². The van der Waals surface area contributed by atoms with Gasteiger partial charge in [-0.3, -0.25) is 19.2 Å². The average molecular weight is 256 g/mol. The quantitative estimate of drug-likeness (QED) is 0.558. The molecule has 0 aromatic heterocycles. The van der Waals surface area contributed by atoms with E-state index in [0.717, 1.165) is 0 Å². The predicted molar refractivity (Wildman–Crippen MR) is 52.0 cm³/mol. The largest absolute Gasteiger partial charge is 0.300 e. The molecule has 0 amide bonds. The third-order valence-electron chi connectivity index (χ3n) is 0.996. The van der Waals surface area contributed by atoms with Crippen LogP contribution in [0.5, 0.6) is 0 Å². The topological polar surface area (TPSA) is 68.3 Å². The van der Waals surface area contributed by atoms with Crippen LogP contribution >= 0.6 is 0 Å². The van der Waals surface area contributed by atoms with Gasteiger partial charge in [0.05, 0.1) is 12.8 Å². The van der Waals surface area contributed by atoms with E-state index in [0.29, 0.717) is 0 Å². The van der Waals surface area contributed by atoms with E-state index in [2.05, 4.69) is 0 Å². The summed E-state index contributed by atoms with van der Waals surface area (Å²) in [5, 5.41) is 0. The molecule has 0 N–H and O–H groups in total. The number of carbonyl (C=O) groups excluding carboxylic acids is 4. The normalized spacial score (nSPS) is 7.73. The molecule has 0 aromatic carbocycles. The minimum Gasteiger partial charge on any atom is -0.300 e. The van der Waals surface area contributed by atoms with E-state index in [1.807, 2.05) is 0 Å². The van der Waals surface area contributed by atoms with Crippen molar-refractivity contribution in [2.24, 2.45) is 0 Å². The fourth-order valence-corrected chi connectivity index (χ4v) is 0.701. The Balaban J connectivity index is -0.000000180. The molecule has 5 heteroatoms. The van der Waals surface area contributed by atoms with Crippen molar-refractivity contribution in [2.75, 3.05) is 0 Å². The number of carbonyl (C=O) groups is 4. The first-order chi connectivity index (χ1) is 6.25. The molecule has 4 nitrogen and oxygen atoms in total. The molecule has 0 aliphatic rings. The molecule has 15 heavy (non-hydrogen) atoms. The zero-order chi connectivity index (χ0) is 11.7. The monoisotopic (exact) mass is 256 g/mol. The minimum absolute atomic E-state index is 0. The second kappa shape index (κ2) is 11.3. The zero-order valence-corrected chi connectivity index (χ0v) is 10.5. The molecule has 0 fully saturated rings. The van der Waals surface area contributed by atoms with Crippen LogP contribution < -0.4 is 0 Å². The molecule has 0 aromatic rings. The molecular weight excluding hydrogens is 240 g/mol. The van der Waals surface area contributed by atoms with Gasteiger partial charge in [-0.15, -0.1) is 0 Å². The van der Waals surface area contributed by atoms with Crippen LogP contribution in [0, 0.1) is 0 Å². The van der Waals surface area contributed by atoms with Crippen LogP contribution in [-0.2, 0) is 36.2 Å². The summed E-state index contributed by atoms with van der Waals surface area (Å²) in [7, 11) is 0. The standard InChI is InChI=1S/2C5H8O2.Fe/c2*1-4(6)3-5(2)7;/h2*3H2,1-2H3;. The van der Waals surface area contributed by atoms with Gasteiger partial charge in [0.15, 0.2) is 0 Å². The number of hydrogen-bond acceptors (Lipinski definition) is 4. The fourth-order valence-electron chi connectivity index (χ4n) is 0.701. The molecule has 0 unspecified atom stereocenters. The van der Waals surface area contributed by atoms with Crippen molar-refractivity contribution in [1.82, 2.24) is 0 Å². The first-order valence-electron chi connectivity index (χ1n) is 4.23. The Kier molecular flexibility index (Phi) is 14.8. The first kappa shape index (κ1) is 19.7. The summed E-state index contributed by atoms with van der Waals surface area (Å²) in [5.41, 5.74) is 0. The van der Waals surface area contributed by atoms with Crippen LogP contribution in [0.25, 0.3) is 0 Å². The number of hydrogen-bond donors (Lipinski definition) is 0. The van der Waals surface area contributed by atoms with Crippen molar-refractivity contribution in [2.45, 2.75) is 40.5 Å². The van der Waals surface area contributed by atoms with Crippen LogP contribution in [0.15, 0.2) is 0 Å². The van der Waals surface area contributed by atoms with Gasteiger partial charge in [0.2, 0.25) is 0 Å². The summed E-state index contributed by atoms with van der Waals surface area (Å²) >= 11 is 0. The van der Waals surface area contributed by atoms with E-state index in [1.54, 1.807) is 0 Å². The molecule has 0 radical (unpaired) electrons. The van der Waals surface area contributed by atoms with Gasteiger partial charge in [-0.1, -0.05) is 0 Å². The number of ketones is 4. The van der Waals surface area contributed by atoms with Gasteiger partial charge < -0.3 is 0 Å². The smallest absolute Gasteiger partial charge is 0.137 e. The molecule has 0 bridgehead atoms. The third-order valence-corrected chi connectivity index (χ3v) is 0.996. The Morgan fingerprint density at radius 2 is 0.733 bits per heavy atom.